The molecule has 3 heteroatoms. The molecule has 0 radical (unpaired) electrons. The van der Waals surface area contributed by atoms with E-state index in [1.165, 1.54) is 12.8 Å². The standard InChI is InChI=1S/C7H16N2O/c1-3-4-5-6-9-7(10)8-2/h3-6H2,1-2H3,(H2,8,9,10). The van der Waals surface area contributed by atoms with E-state index >= 15 is 0 Å². The molecule has 0 aliphatic heterocycles. The van der Waals surface area contributed by atoms with E-state index in [9.17, 15) is 4.79 Å². The summed E-state index contributed by atoms with van der Waals surface area (Å²) in [7, 11) is 1.62. The van der Waals surface area contributed by atoms with E-state index in [0.717, 1.165) is 13.0 Å². The molecule has 10 heavy (non-hydrogen) atoms. The topological polar surface area (TPSA) is 41.1 Å². The largest absolute Gasteiger partial charge is 0.341 e. The van der Waals surface area contributed by atoms with Gasteiger partial charge in [-0.05, 0) is 6.42 Å². The molecule has 0 aliphatic rings. The Hall–Kier alpha value is -0.730. The van der Waals surface area contributed by atoms with E-state index in [-0.39, 0.29) is 6.03 Å². The number of nitrogens with one attached hydrogen (secondary N) is 2. The molecule has 0 aliphatic carbocycles. The third-order valence-corrected chi connectivity index (χ3v) is 1.29. The van der Waals surface area contributed by atoms with Crippen molar-refractivity contribution in [3.63, 3.8) is 0 Å². The molecular formula is C7H16N2O. The Bertz CT molecular complexity index is 93.6. The normalized spacial score (nSPS) is 9.00. The van der Waals surface area contributed by atoms with Crippen molar-refractivity contribution in [3.8, 4) is 0 Å². The highest BCUT2D eigenvalue weighted by Gasteiger charge is 1.91. The van der Waals surface area contributed by atoms with Gasteiger partial charge < -0.3 is 10.6 Å². The molecule has 0 saturated heterocycles. The molecule has 0 rings (SSSR count). The molecule has 0 fully saturated rings. The van der Waals surface area contributed by atoms with E-state index in [0.29, 0.717) is 0 Å². The molecule has 2 N–H and O–H groups in total. The van der Waals surface area contributed by atoms with Crippen LogP contribution in [0, 0.1) is 0 Å². The van der Waals surface area contributed by atoms with Gasteiger partial charge in [0.1, 0.15) is 0 Å². The summed E-state index contributed by atoms with van der Waals surface area (Å²) in [6.07, 6.45) is 3.45. The van der Waals surface area contributed by atoms with Crippen molar-refractivity contribution in [2.45, 2.75) is 26.2 Å². The molecule has 0 saturated carbocycles. The smallest absolute Gasteiger partial charge is 0.314 e. The summed E-state index contributed by atoms with van der Waals surface area (Å²) in [5.74, 6) is 0. The number of carbonyl (C=O) groups excluding carboxylic acids is 1. The first-order valence-corrected chi connectivity index (χ1v) is 3.76. The average molecular weight is 144 g/mol. The first-order chi connectivity index (χ1) is 4.81. The maximum atomic E-state index is 10.6. The van der Waals surface area contributed by atoms with Gasteiger partial charge in [0.25, 0.3) is 0 Å². The Morgan fingerprint density at radius 1 is 1.40 bits per heavy atom. The van der Waals surface area contributed by atoms with Crippen LogP contribution in [-0.4, -0.2) is 19.6 Å². The molecule has 0 bridgehead atoms. The minimum Gasteiger partial charge on any atom is -0.341 e. The maximum Gasteiger partial charge on any atom is 0.314 e. The third-order valence-electron chi connectivity index (χ3n) is 1.29. The van der Waals surface area contributed by atoms with E-state index in [2.05, 4.69) is 17.6 Å². The molecule has 0 heterocycles. The van der Waals surface area contributed by atoms with Crippen molar-refractivity contribution in [3.05, 3.63) is 0 Å². The summed E-state index contributed by atoms with van der Waals surface area (Å²) < 4.78 is 0. The zero-order valence-electron chi connectivity index (χ0n) is 6.74. The average Bonchev–Trinajstić information content (AvgIpc) is 1.98. The predicted molar refractivity (Wildman–Crippen MR) is 42.0 cm³/mol. The Kier molecular flexibility index (Phi) is 5.92. The highest BCUT2D eigenvalue weighted by molar-refractivity contribution is 5.73. The highest BCUT2D eigenvalue weighted by atomic mass is 16.2. The van der Waals surface area contributed by atoms with Crippen LogP contribution in [0.1, 0.15) is 26.2 Å². The Morgan fingerprint density at radius 3 is 2.60 bits per heavy atom. The van der Waals surface area contributed by atoms with Crippen molar-refractivity contribution >= 4 is 6.03 Å². The fourth-order valence-corrected chi connectivity index (χ4v) is 0.665. The van der Waals surface area contributed by atoms with Gasteiger partial charge in [0, 0.05) is 13.6 Å². The van der Waals surface area contributed by atoms with Gasteiger partial charge in [-0.2, -0.15) is 0 Å². The van der Waals surface area contributed by atoms with Gasteiger partial charge in [0.15, 0.2) is 0 Å². The lowest BCUT2D eigenvalue weighted by Crippen LogP contribution is -2.33. The second kappa shape index (κ2) is 6.39. The number of rotatable bonds is 4. The van der Waals surface area contributed by atoms with Crippen LogP contribution < -0.4 is 10.6 Å². The molecule has 0 spiro atoms. The number of carbonyl (C=O) groups is 1. The van der Waals surface area contributed by atoms with Gasteiger partial charge in [0.2, 0.25) is 0 Å². The highest BCUT2D eigenvalue weighted by Crippen LogP contribution is 1.90. The van der Waals surface area contributed by atoms with Crippen LogP contribution in [0.4, 0.5) is 4.79 Å². The molecule has 3 nitrogen and oxygen atoms in total. The maximum absolute atomic E-state index is 10.6. The molecule has 0 unspecified atom stereocenters. The predicted octanol–water partition coefficient (Wildman–Crippen LogP) is 1.11. The zero-order valence-corrected chi connectivity index (χ0v) is 6.74. The zero-order chi connectivity index (χ0) is 7.82. The van der Waals surface area contributed by atoms with Gasteiger partial charge in [-0.25, -0.2) is 4.79 Å². The molecule has 0 aromatic heterocycles. The SMILES string of the molecule is CCCCCNC(=O)NC. The summed E-state index contributed by atoms with van der Waals surface area (Å²) in [5, 5.41) is 5.21. The van der Waals surface area contributed by atoms with Crippen molar-refractivity contribution in [1.82, 2.24) is 10.6 Å². The minimum absolute atomic E-state index is 0.0869. The van der Waals surface area contributed by atoms with Crippen molar-refractivity contribution in [2.75, 3.05) is 13.6 Å². The van der Waals surface area contributed by atoms with E-state index in [4.69, 9.17) is 0 Å². The van der Waals surface area contributed by atoms with Crippen LogP contribution in [0.15, 0.2) is 0 Å². The summed E-state index contributed by atoms with van der Waals surface area (Å²) in [6.45, 7) is 2.92. The fourth-order valence-electron chi connectivity index (χ4n) is 0.665. The Morgan fingerprint density at radius 2 is 2.10 bits per heavy atom. The first kappa shape index (κ1) is 9.27. The lowest BCUT2D eigenvalue weighted by atomic mass is 10.2. The molecule has 2 amide bonds. The van der Waals surface area contributed by atoms with Crippen LogP contribution in [-0.2, 0) is 0 Å². The third kappa shape index (κ3) is 5.41. The van der Waals surface area contributed by atoms with Crippen LogP contribution in [0.2, 0.25) is 0 Å². The summed E-state index contributed by atoms with van der Waals surface area (Å²) in [4.78, 5) is 10.6. The first-order valence-electron chi connectivity index (χ1n) is 3.76. The van der Waals surface area contributed by atoms with Crippen LogP contribution in [0.5, 0.6) is 0 Å². The molecule has 0 aromatic rings. The lowest BCUT2D eigenvalue weighted by molar-refractivity contribution is 0.242. The quantitative estimate of drug-likeness (QED) is 0.570. The van der Waals surface area contributed by atoms with Crippen molar-refractivity contribution in [2.24, 2.45) is 0 Å². The molecule has 60 valence electrons. The molecule has 0 aromatic carbocycles. The second-order valence-corrected chi connectivity index (χ2v) is 2.21. The molecular weight excluding hydrogens is 128 g/mol. The van der Waals surface area contributed by atoms with Crippen LogP contribution in [0.3, 0.4) is 0 Å². The number of amides is 2. The fraction of sp³-hybridized carbons (Fsp3) is 0.857. The number of urea groups is 1. The van der Waals surface area contributed by atoms with Crippen molar-refractivity contribution < 1.29 is 4.79 Å². The summed E-state index contributed by atoms with van der Waals surface area (Å²) >= 11 is 0. The Balaban J connectivity index is 2.96. The Labute approximate surface area is 62.2 Å². The summed E-state index contributed by atoms with van der Waals surface area (Å²) in [6, 6.07) is -0.0869. The van der Waals surface area contributed by atoms with Gasteiger partial charge in [0.05, 0.1) is 0 Å². The number of unbranched alkanes of at least 4 members (excludes halogenated alkanes) is 2. The van der Waals surface area contributed by atoms with E-state index in [1.807, 2.05) is 0 Å². The van der Waals surface area contributed by atoms with Gasteiger partial charge >= 0.3 is 6.03 Å². The number of hydrogen-bond donors (Lipinski definition) is 2. The van der Waals surface area contributed by atoms with E-state index in [1.54, 1.807) is 7.05 Å². The summed E-state index contributed by atoms with van der Waals surface area (Å²) in [5.41, 5.74) is 0. The van der Waals surface area contributed by atoms with Gasteiger partial charge in [-0.3, -0.25) is 0 Å². The van der Waals surface area contributed by atoms with Crippen LogP contribution in [0.25, 0.3) is 0 Å². The van der Waals surface area contributed by atoms with Crippen LogP contribution >= 0.6 is 0 Å². The second-order valence-electron chi connectivity index (χ2n) is 2.21. The monoisotopic (exact) mass is 144 g/mol. The van der Waals surface area contributed by atoms with Crippen molar-refractivity contribution in [1.29, 1.82) is 0 Å². The van der Waals surface area contributed by atoms with E-state index < -0.39 is 0 Å². The molecule has 0 atom stereocenters. The lowest BCUT2D eigenvalue weighted by Gasteiger charge is -2.01. The minimum atomic E-state index is -0.0869. The number of hydrogen-bond acceptors (Lipinski definition) is 1. The van der Waals surface area contributed by atoms with Gasteiger partial charge in [-0.15, -0.1) is 0 Å². The van der Waals surface area contributed by atoms with Gasteiger partial charge in [-0.1, -0.05) is 19.8 Å².